The fraction of sp³-hybridized carbons (Fsp3) is 0.619. The Morgan fingerprint density at radius 2 is 1.83 bits per heavy atom. The zero-order valence-electron chi connectivity index (χ0n) is 17.7. The van der Waals surface area contributed by atoms with Crippen molar-refractivity contribution in [3.8, 4) is 0 Å². The predicted octanol–water partition coefficient (Wildman–Crippen LogP) is 2.12. The van der Waals surface area contributed by atoms with Gasteiger partial charge < -0.3 is 5.32 Å². The molecular formula is C21H31N3O4S. The highest BCUT2D eigenvalue weighted by molar-refractivity contribution is 7.88. The average Bonchev–Trinajstić information content (AvgIpc) is 2.64. The summed E-state index contributed by atoms with van der Waals surface area (Å²) in [7, 11) is -3.61. The van der Waals surface area contributed by atoms with E-state index in [2.05, 4.69) is 5.32 Å². The summed E-state index contributed by atoms with van der Waals surface area (Å²) in [5.74, 6) is -0.691. The van der Waals surface area contributed by atoms with Gasteiger partial charge in [-0.1, -0.05) is 31.4 Å². The smallest absolute Gasteiger partial charge is 0.247 e. The SMILES string of the molecule is Cc1ccc(C)c(N2C(=O)CN(S(C)(=O)=O)CC2(C)C(=O)NC2CCCCC2)c1. The van der Waals surface area contributed by atoms with Crippen LogP contribution in [0.2, 0.25) is 0 Å². The van der Waals surface area contributed by atoms with E-state index in [1.165, 1.54) is 11.3 Å². The van der Waals surface area contributed by atoms with E-state index in [0.29, 0.717) is 5.69 Å². The molecule has 3 rings (SSSR count). The molecule has 1 unspecified atom stereocenters. The van der Waals surface area contributed by atoms with Crippen LogP contribution in [-0.2, 0) is 19.6 Å². The van der Waals surface area contributed by atoms with Crippen LogP contribution < -0.4 is 10.2 Å². The molecule has 1 saturated heterocycles. The standard InChI is InChI=1S/C21H31N3O4S/c1-15-10-11-16(2)18(12-15)24-19(25)13-23(29(4,27)28)14-21(24,3)20(26)22-17-8-6-5-7-9-17/h10-12,17H,5-9,13-14H2,1-4H3,(H,22,26). The van der Waals surface area contributed by atoms with Crippen molar-refractivity contribution in [1.29, 1.82) is 0 Å². The van der Waals surface area contributed by atoms with Gasteiger partial charge in [0.15, 0.2) is 0 Å². The summed E-state index contributed by atoms with van der Waals surface area (Å²) < 4.78 is 25.5. The third-order valence-corrected chi connectivity index (χ3v) is 7.24. The number of sulfonamides is 1. The summed E-state index contributed by atoms with van der Waals surface area (Å²) >= 11 is 0. The quantitative estimate of drug-likeness (QED) is 0.807. The lowest BCUT2D eigenvalue weighted by Gasteiger charge is -2.47. The third-order valence-electron chi connectivity index (χ3n) is 6.04. The minimum Gasteiger partial charge on any atom is -0.351 e. The van der Waals surface area contributed by atoms with E-state index in [9.17, 15) is 18.0 Å². The van der Waals surface area contributed by atoms with Crippen LogP contribution in [0.15, 0.2) is 18.2 Å². The van der Waals surface area contributed by atoms with Gasteiger partial charge in [-0.2, -0.15) is 4.31 Å². The van der Waals surface area contributed by atoms with Gasteiger partial charge in [-0.15, -0.1) is 0 Å². The number of benzene rings is 1. The van der Waals surface area contributed by atoms with Crippen molar-refractivity contribution in [3.63, 3.8) is 0 Å². The Hall–Kier alpha value is -1.93. The molecule has 2 amide bonds. The zero-order valence-corrected chi connectivity index (χ0v) is 18.5. The molecule has 0 bridgehead atoms. The lowest BCUT2D eigenvalue weighted by Crippen LogP contribution is -2.70. The molecule has 0 spiro atoms. The third kappa shape index (κ3) is 4.48. The molecule has 1 atom stereocenters. The molecule has 1 saturated carbocycles. The average molecular weight is 422 g/mol. The molecule has 1 aromatic rings. The molecule has 2 aliphatic rings. The molecule has 29 heavy (non-hydrogen) atoms. The molecular weight excluding hydrogens is 390 g/mol. The van der Waals surface area contributed by atoms with Crippen LogP contribution in [0.4, 0.5) is 5.69 Å². The number of aryl methyl sites for hydroxylation is 2. The van der Waals surface area contributed by atoms with Crippen LogP contribution in [0, 0.1) is 13.8 Å². The summed E-state index contributed by atoms with van der Waals surface area (Å²) in [6, 6.07) is 5.82. The molecule has 1 aliphatic carbocycles. The van der Waals surface area contributed by atoms with E-state index in [1.807, 2.05) is 32.0 Å². The molecule has 160 valence electrons. The van der Waals surface area contributed by atoms with Crippen LogP contribution in [0.3, 0.4) is 0 Å². The monoisotopic (exact) mass is 421 g/mol. The molecule has 2 fully saturated rings. The van der Waals surface area contributed by atoms with Crippen LogP contribution in [0.25, 0.3) is 0 Å². The van der Waals surface area contributed by atoms with Gasteiger partial charge in [0, 0.05) is 18.3 Å². The number of nitrogens with one attached hydrogen (secondary N) is 1. The first-order chi connectivity index (χ1) is 13.5. The van der Waals surface area contributed by atoms with Crippen molar-refractivity contribution >= 4 is 27.5 Å². The lowest BCUT2D eigenvalue weighted by molar-refractivity contribution is -0.133. The van der Waals surface area contributed by atoms with Crippen LogP contribution in [0.1, 0.15) is 50.2 Å². The summed E-state index contributed by atoms with van der Waals surface area (Å²) in [5.41, 5.74) is 1.17. The normalized spacial score (nSPS) is 24.6. The topological polar surface area (TPSA) is 86.8 Å². The first kappa shape index (κ1) is 21.8. The van der Waals surface area contributed by atoms with Crippen LogP contribution in [-0.4, -0.2) is 55.5 Å². The molecule has 1 N–H and O–H groups in total. The van der Waals surface area contributed by atoms with Crippen molar-refractivity contribution in [2.45, 2.75) is 64.5 Å². The Bertz CT molecular complexity index is 909. The zero-order chi connectivity index (χ0) is 21.4. The molecule has 0 radical (unpaired) electrons. The number of carbonyl (C=O) groups excluding carboxylic acids is 2. The predicted molar refractivity (Wildman–Crippen MR) is 113 cm³/mol. The van der Waals surface area contributed by atoms with Gasteiger partial charge in [0.25, 0.3) is 0 Å². The van der Waals surface area contributed by atoms with Crippen LogP contribution >= 0.6 is 0 Å². The second-order valence-corrected chi connectivity index (χ2v) is 10.6. The lowest BCUT2D eigenvalue weighted by atomic mass is 9.90. The van der Waals surface area contributed by atoms with Crippen LogP contribution in [0.5, 0.6) is 0 Å². The Morgan fingerprint density at radius 1 is 1.17 bits per heavy atom. The van der Waals surface area contributed by atoms with Gasteiger partial charge in [-0.3, -0.25) is 14.5 Å². The van der Waals surface area contributed by atoms with E-state index in [4.69, 9.17) is 0 Å². The number of anilines is 1. The van der Waals surface area contributed by atoms with Gasteiger partial charge in [0.05, 0.1) is 12.8 Å². The maximum Gasteiger partial charge on any atom is 0.247 e. The highest BCUT2D eigenvalue weighted by Gasteiger charge is 2.51. The van der Waals surface area contributed by atoms with Gasteiger partial charge >= 0.3 is 0 Å². The largest absolute Gasteiger partial charge is 0.351 e. The Kier molecular flexibility index (Phi) is 6.06. The summed E-state index contributed by atoms with van der Waals surface area (Å²) in [6.45, 7) is 5.16. The maximum absolute atomic E-state index is 13.5. The Labute approximate surface area is 173 Å². The summed E-state index contributed by atoms with van der Waals surface area (Å²) in [4.78, 5) is 28.1. The van der Waals surface area contributed by atoms with Gasteiger partial charge in [-0.25, -0.2) is 8.42 Å². The molecule has 1 aliphatic heterocycles. The molecule has 1 heterocycles. The fourth-order valence-corrected chi connectivity index (χ4v) is 5.15. The highest BCUT2D eigenvalue weighted by atomic mass is 32.2. The van der Waals surface area contributed by atoms with Gasteiger partial charge in [-0.05, 0) is 50.8 Å². The van der Waals surface area contributed by atoms with Crippen molar-refractivity contribution in [1.82, 2.24) is 9.62 Å². The van der Waals surface area contributed by atoms with E-state index >= 15 is 0 Å². The molecule has 7 nitrogen and oxygen atoms in total. The minimum atomic E-state index is -3.61. The van der Waals surface area contributed by atoms with E-state index in [-0.39, 0.29) is 25.0 Å². The van der Waals surface area contributed by atoms with E-state index < -0.39 is 21.5 Å². The number of hydrogen-bond acceptors (Lipinski definition) is 4. The number of rotatable bonds is 4. The van der Waals surface area contributed by atoms with Gasteiger partial charge in [0.2, 0.25) is 21.8 Å². The van der Waals surface area contributed by atoms with Crippen molar-refractivity contribution in [2.75, 3.05) is 24.2 Å². The second kappa shape index (κ2) is 8.07. The van der Waals surface area contributed by atoms with Gasteiger partial charge in [0.1, 0.15) is 5.54 Å². The molecule has 8 heteroatoms. The highest BCUT2D eigenvalue weighted by Crippen LogP contribution is 2.33. The maximum atomic E-state index is 13.5. The molecule has 0 aromatic heterocycles. The summed E-state index contributed by atoms with van der Waals surface area (Å²) in [5, 5.41) is 3.10. The Morgan fingerprint density at radius 3 is 2.45 bits per heavy atom. The second-order valence-electron chi connectivity index (χ2n) is 8.63. The first-order valence-electron chi connectivity index (χ1n) is 10.2. The number of piperazine rings is 1. The number of carbonyl (C=O) groups is 2. The summed E-state index contributed by atoms with van der Waals surface area (Å²) in [6.07, 6.45) is 6.20. The van der Waals surface area contributed by atoms with E-state index in [1.54, 1.807) is 6.92 Å². The van der Waals surface area contributed by atoms with Crippen molar-refractivity contribution in [3.05, 3.63) is 29.3 Å². The fourth-order valence-electron chi connectivity index (χ4n) is 4.32. The van der Waals surface area contributed by atoms with Crippen molar-refractivity contribution in [2.24, 2.45) is 0 Å². The number of hydrogen-bond donors (Lipinski definition) is 1. The number of nitrogens with zero attached hydrogens (tertiary/aromatic N) is 2. The molecule has 1 aromatic carbocycles. The van der Waals surface area contributed by atoms with E-state index in [0.717, 1.165) is 47.4 Å². The number of amides is 2. The first-order valence-corrected chi connectivity index (χ1v) is 12.0. The minimum absolute atomic E-state index is 0.0660. The Balaban J connectivity index is 2.02. The van der Waals surface area contributed by atoms with Crippen molar-refractivity contribution < 1.29 is 18.0 Å².